The zero-order chi connectivity index (χ0) is 19.7. The van der Waals surface area contributed by atoms with Crippen molar-refractivity contribution >= 4 is 22.5 Å². The van der Waals surface area contributed by atoms with Crippen LogP contribution < -0.4 is 0 Å². The number of amides is 1. The van der Waals surface area contributed by atoms with Gasteiger partial charge in [-0.3, -0.25) is 14.9 Å². The number of nitrogens with zero attached hydrogens (tertiary/aromatic N) is 2. The third-order valence-electron chi connectivity index (χ3n) is 5.42. The summed E-state index contributed by atoms with van der Waals surface area (Å²) in [4.78, 5) is 28.3. The second-order valence-electron chi connectivity index (χ2n) is 7.26. The van der Waals surface area contributed by atoms with Crippen molar-refractivity contribution in [1.29, 1.82) is 0 Å². The average Bonchev–Trinajstić information content (AvgIpc) is 3.11. The number of rotatable bonds is 4. The third-order valence-corrected chi connectivity index (χ3v) is 5.42. The highest BCUT2D eigenvalue weighted by molar-refractivity contribution is 6.07. The van der Waals surface area contributed by atoms with Crippen molar-refractivity contribution in [3.05, 3.63) is 75.7 Å². The summed E-state index contributed by atoms with van der Waals surface area (Å²) in [7, 11) is 0. The Balaban J connectivity index is 1.45. The van der Waals surface area contributed by atoms with E-state index in [1.165, 1.54) is 18.2 Å². The van der Waals surface area contributed by atoms with Crippen LogP contribution in [0, 0.1) is 21.8 Å². The monoisotopic (exact) mass is 381 g/mol. The maximum atomic E-state index is 13.4. The Morgan fingerprint density at radius 2 is 2.00 bits per heavy atom. The molecule has 0 aliphatic carbocycles. The van der Waals surface area contributed by atoms with Gasteiger partial charge >= 0.3 is 0 Å². The highest BCUT2D eigenvalue weighted by Gasteiger charge is 2.26. The van der Waals surface area contributed by atoms with Gasteiger partial charge in [0, 0.05) is 42.3 Å². The number of hydrogen-bond donors (Lipinski definition) is 1. The number of piperidine rings is 1. The predicted molar refractivity (Wildman–Crippen MR) is 104 cm³/mol. The number of aromatic nitrogens is 1. The Morgan fingerprint density at radius 3 is 2.71 bits per heavy atom. The molecule has 144 valence electrons. The molecular formula is C21H20FN3O3. The first kappa shape index (κ1) is 18.2. The number of nitro groups is 1. The molecule has 0 radical (unpaired) electrons. The smallest absolute Gasteiger partial charge is 0.270 e. The van der Waals surface area contributed by atoms with Crippen LogP contribution in [-0.4, -0.2) is 33.8 Å². The molecule has 1 aliphatic rings. The minimum Gasteiger partial charge on any atom is -0.360 e. The van der Waals surface area contributed by atoms with Crippen LogP contribution in [0.1, 0.15) is 28.8 Å². The number of halogens is 1. The van der Waals surface area contributed by atoms with E-state index in [1.807, 2.05) is 6.07 Å². The van der Waals surface area contributed by atoms with Crippen LogP contribution in [0.2, 0.25) is 0 Å². The number of fused-ring (bicyclic) bond motifs is 1. The summed E-state index contributed by atoms with van der Waals surface area (Å²) in [5.41, 5.74) is 2.11. The normalized spacial score (nSPS) is 15.1. The second-order valence-corrected chi connectivity index (χ2v) is 7.26. The van der Waals surface area contributed by atoms with Crippen molar-refractivity contribution in [2.24, 2.45) is 5.92 Å². The first-order chi connectivity index (χ1) is 13.5. The molecule has 0 bridgehead atoms. The molecule has 0 unspecified atom stereocenters. The summed E-state index contributed by atoms with van der Waals surface area (Å²) in [6.07, 6.45) is 4.13. The minimum atomic E-state index is -0.460. The highest BCUT2D eigenvalue weighted by Crippen LogP contribution is 2.27. The molecule has 28 heavy (non-hydrogen) atoms. The van der Waals surface area contributed by atoms with Gasteiger partial charge in [-0.2, -0.15) is 0 Å². The van der Waals surface area contributed by atoms with Crippen LogP contribution in [0.25, 0.3) is 10.9 Å². The summed E-state index contributed by atoms with van der Waals surface area (Å²) >= 11 is 0. The number of nitro benzene ring substituents is 1. The Hall–Kier alpha value is -3.22. The summed E-state index contributed by atoms with van der Waals surface area (Å²) < 4.78 is 13.4. The summed E-state index contributed by atoms with van der Waals surface area (Å²) in [6.45, 7) is 1.25. The molecule has 1 saturated heterocycles. The zero-order valence-electron chi connectivity index (χ0n) is 15.2. The Kier molecular flexibility index (Phi) is 4.81. The van der Waals surface area contributed by atoms with Crippen molar-refractivity contribution in [3.8, 4) is 0 Å². The van der Waals surface area contributed by atoms with Crippen LogP contribution >= 0.6 is 0 Å². The van der Waals surface area contributed by atoms with Crippen molar-refractivity contribution in [2.75, 3.05) is 13.1 Å². The molecule has 1 aliphatic heterocycles. The molecule has 7 heteroatoms. The second kappa shape index (κ2) is 7.42. The maximum absolute atomic E-state index is 13.4. The summed E-state index contributed by atoms with van der Waals surface area (Å²) in [5.74, 6) is 0.0735. The van der Waals surface area contributed by atoms with Gasteiger partial charge in [0.2, 0.25) is 0 Å². The predicted octanol–water partition coefficient (Wildman–Crippen LogP) is 4.31. The molecule has 0 atom stereocenters. The number of non-ortho nitro benzene ring substituents is 1. The van der Waals surface area contributed by atoms with Gasteiger partial charge in [-0.1, -0.05) is 12.1 Å². The molecule has 6 nitrogen and oxygen atoms in total. The van der Waals surface area contributed by atoms with Gasteiger partial charge in [-0.25, -0.2) is 4.39 Å². The van der Waals surface area contributed by atoms with Crippen LogP contribution in [0.4, 0.5) is 10.1 Å². The lowest BCUT2D eigenvalue weighted by Gasteiger charge is -2.32. The molecule has 0 saturated carbocycles. The van der Waals surface area contributed by atoms with Crippen LogP contribution in [-0.2, 0) is 6.42 Å². The molecular weight excluding hydrogens is 361 g/mol. The number of hydrogen-bond acceptors (Lipinski definition) is 3. The van der Waals surface area contributed by atoms with Crippen molar-refractivity contribution < 1.29 is 14.1 Å². The molecule has 1 amide bonds. The van der Waals surface area contributed by atoms with Crippen LogP contribution in [0.3, 0.4) is 0 Å². The summed E-state index contributed by atoms with van der Waals surface area (Å²) in [5, 5.41) is 11.6. The fraction of sp³-hybridized carbons (Fsp3) is 0.286. The first-order valence-corrected chi connectivity index (χ1v) is 9.30. The number of H-pyrrole nitrogens is 1. The van der Waals surface area contributed by atoms with E-state index in [4.69, 9.17) is 0 Å². The fourth-order valence-corrected chi connectivity index (χ4v) is 3.91. The maximum Gasteiger partial charge on any atom is 0.270 e. The highest BCUT2D eigenvalue weighted by atomic mass is 19.1. The van der Waals surface area contributed by atoms with Crippen molar-refractivity contribution in [3.63, 3.8) is 0 Å². The van der Waals surface area contributed by atoms with E-state index >= 15 is 0 Å². The van der Waals surface area contributed by atoms with E-state index in [0.29, 0.717) is 35.5 Å². The standard InChI is InChI=1S/C21H20FN3O3/c22-16-3-1-2-15(11-16)10-14-6-8-24(9-7-14)21(26)19-13-23-20-5-4-17(25(27)28)12-18(19)20/h1-5,11-14,23H,6-10H2. The van der Waals surface area contributed by atoms with E-state index in [1.54, 1.807) is 29.3 Å². The third kappa shape index (κ3) is 3.60. The number of nitrogens with one attached hydrogen (secondary N) is 1. The van der Waals surface area contributed by atoms with E-state index in [0.717, 1.165) is 24.8 Å². The van der Waals surface area contributed by atoms with Crippen LogP contribution in [0.5, 0.6) is 0 Å². The Morgan fingerprint density at radius 1 is 1.21 bits per heavy atom. The van der Waals surface area contributed by atoms with Crippen molar-refractivity contribution in [1.82, 2.24) is 9.88 Å². The number of benzene rings is 2. The van der Waals surface area contributed by atoms with Gasteiger partial charge in [0.05, 0.1) is 10.5 Å². The van der Waals surface area contributed by atoms with Gasteiger partial charge in [-0.05, 0) is 48.9 Å². The lowest BCUT2D eigenvalue weighted by molar-refractivity contribution is -0.384. The van der Waals surface area contributed by atoms with Crippen molar-refractivity contribution in [2.45, 2.75) is 19.3 Å². The number of carbonyl (C=O) groups excluding carboxylic acids is 1. The lowest BCUT2D eigenvalue weighted by atomic mass is 9.90. The molecule has 3 aromatic rings. The van der Waals surface area contributed by atoms with E-state index < -0.39 is 4.92 Å². The Labute approximate surface area is 161 Å². The van der Waals surface area contributed by atoms with E-state index in [2.05, 4.69) is 4.98 Å². The van der Waals surface area contributed by atoms with Gasteiger partial charge in [0.25, 0.3) is 11.6 Å². The molecule has 2 aromatic carbocycles. The topological polar surface area (TPSA) is 79.2 Å². The minimum absolute atomic E-state index is 0.0325. The van der Waals surface area contributed by atoms with E-state index in [9.17, 15) is 19.3 Å². The molecule has 2 heterocycles. The summed E-state index contributed by atoms with van der Waals surface area (Å²) in [6, 6.07) is 11.1. The quantitative estimate of drug-likeness (QED) is 0.540. The fourth-order valence-electron chi connectivity index (χ4n) is 3.91. The largest absolute Gasteiger partial charge is 0.360 e. The SMILES string of the molecule is O=C(c1c[nH]c2ccc([N+](=O)[O-])cc12)N1CCC(Cc2cccc(F)c2)CC1. The number of likely N-dealkylation sites (tertiary alicyclic amines) is 1. The molecule has 1 N–H and O–H groups in total. The molecule has 1 fully saturated rings. The number of aromatic amines is 1. The van der Waals surface area contributed by atoms with Crippen LogP contribution in [0.15, 0.2) is 48.7 Å². The van der Waals surface area contributed by atoms with Gasteiger partial charge in [0.15, 0.2) is 0 Å². The molecule has 1 aromatic heterocycles. The Bertz CT molecular complexity index is 1040. The van der Waals surface area contributed by atoms with E-state index in [-0.39, 0.29) is 17.4 Å². The average molecular weight is 381 g/mol. The first-order valence-electron chi connectivity index (χ1n) is 9.30. The zero-order valence-corrected chi connectivity index (χ0v) is 15.2. The van der Waals surface area contributed by atoms with Gasteiger partial charge in [-0.15, -0.1) is 0 Å². The number of carbonyl (C=O) groups is 1. The molecule has 4 rings (SSSR count). The van der Waals surface area contributed by atoms with Gasteiger partial charge in [0.1, 0.15) is 5.82 Å². The lowest BCUT2D eigenvalue weighted by Crippen LogP contribution is -2.38. The van der Waals surface area contributed by atoms with Gasteiger partial charge < -0.3 is 9.88 Å². The molecule has 0 spiro atoms.